The molecular formula is C37H20N4S. The van der Waals surface area contributed by atoms with E-state index in [1.807, 2.05) is 24.3 Å². The summed E-state index contributed by atoms with van der Waals surface area (Å²) < 4.78 is 3.45. The van der Waals surface area contributed by atoms with E-state index in [-0.39, 0.29) is 0 Å². The fourth-order valence-corrected chi connectivity index (χ4v) is 7.29. The summed E-state index contributed by atoms with van der Waals surface area (Å²) in [6.45, 7) is 0. The average molecular weight is 553 g/mol. The van der Waals surface area contributed by atoms with Gasteiger partial charge in [-0.25, -0.2) is 9.97 Å². The van der Waals surface area contributed by atoms with Crippen LogP contribution in [-0.4, -0.2) is 14.5 Å². The van der Waals surface area contributed by atoms with E-state index >= 15 is 0 Å². The standard InChI is InChI=1S/C37H20N4S/c38-21-22-13-15-24(16-14-22)34-36(39-35-28-11-5-6-12-32(28)42-37(35)40-34)41-30-18-17-23-7-3-4-10-27(23)33(30)29-19-25-8-1-2-9-26(25)20-31(29)41/h1-20H. The van der Waals surface area contributed by atoms with Crippen LogP contribution in [-0.2, 0) is 0 Å². The average Bonchev–Trinajstić information content (AvgIpc) is 3.57. The Labute approximate surface area is 244 Å². The second kappa shape index (κ2) is 8.71. The van der Waals surface area contributed by atoms with Gasteiger partial charge < -0.3 is 0 Å². The Bertz CT molecular complexity index is 2580. The Kier molecular flexibility index (Phi) is 4.81. The van der Waals surface area contributed by atoms with Gasteiger partial charge in [0.25, 0.3) is 0 Å². The molecule has 194 valence electrons. The fourth-order valence-electron chi connectivity index (χ4n) is 6.27. The van der Waals surface area contributed by atoms with Gasteiger partial charge in [0, 0.05) is 26.4 Å². The maximum absolute atomic E-state index is 9.46. The maximum atomic E-state index is 9.46. The lowest BCUT2D eigenvalue weighted by atomic mass is 10.0. The van der Waals surface area contributed by atoms with Crippen LogP contribution in [0.25, 0.3) is 80.9 Å². The van der Waals surface area contributed by atoms with Crippen LogP contribution >= 0.6 is 11.3 Å². The molecule has 0 N–H and O–H groups in total. The fraction of sp³-hybridized carbons (Fsp3) is 0. The minimum Gasteiger partial charge on any atom is -0.292 e. The number of hydrogen-bond donors (Lipinski definition) is 0. The molecule has 0 spiro atoms. The molecule has 42 heavy (non-hydrogen) atoms. The maximum Gasteiger partial charge on any atom is 0.165 e. The van der Waals surface area contributed by atoms with Crippen molar-refractivity contribution < 1.29 is 0 Å². The van der Waals surface area contributed by atoms with Gasteiger partial charge in [0.2, 0.25) is 0 Å². The largest absolute Gasteiger partial charge is 0.292 e. The normalized spacial score (nSPS) is 11.8. The zero-order valence-corrected chi connectivity index (χ0v) is 23.1. The summed E-state index contributed by atoms with van der Waals surface area (Å²) in [5.74, 6) is 0.779. The first kappa shape index (κ1) is 23.2. The van der Waals surface area contributed by atoms with Crippen LogP contribution in [0, 0.1) is 11.3 Å². The Morgan fingerprint density at radius 3 is 2.14 bits per heavy atom. The smallest absolute Gasteiger partial charge is 0.165 e. The molecule has 0 aliphatic rings. The van der Waals surface area contributed by atoms with Crippen LogP contribution in [0.5, 0.6) is 0 Å². The molecule has 0 aliphatic carbocycles. The van der Waals surface area contributed by atoms with E-state index < -0.39 is 0 Å². The number of hydrogen-bond acceptors (Lipinski definition) is 4. The third-order valence-electron chi connectivity index (χ3n) is 8.22. The van der Waals surface area contributed by atoms with E-state index in [1.165, 1.54) is 32.3 Å². The lowest BCUT2D eigenvalue weighted by Gasteiger charge is -2.13. The number of thiophene rings is 1. The van der Waals surface area contributed by atoms with Crippen molar-refractivity contribution in [1.29, 1.82) is 5.26 Å². The second-order valence-corrected chi connectivity index (χ2v) is 11.6. The molecule has 5 heteroatoms. The lowest BCUT2D eigenvalue weighted by Crippen LogP contribution is -2.03. The van der Waals surface area contributed by atoms with Gasteiger partial charge in [0.1, 0.15) is 16.0 Å². The van der Waals surface area contributed by atoms with Gasteiger partial charge in [-0.2, -0.15) is 5.26 Å². The van der Waals surface area contributed by atoms with Crippen molar-refractivity contribution in [3.8, 4) is 23.1 Å². The molecule has 0 saturated carbocycles. The predicted molar refractivity (Wildman–Crippen MR) is 174 cm³/mol. The van der Waals surface area contributed by atoms with Gasteiger partial charge in [-0.05, 0) is 57.9 Å². The van der Waals surface area contributed by atoms with Crippen molar-refractivity contribution in [2.75, 3.05) is 0 Å². The number of fused-ring (bicyclic) bond motifs is 9. The highest BCUT2D eigenvalue weighted by atomic mass is 32.1. The minimum absolute atomic E-state index is 0.617. The van der Waals surface area contributed by atoms with Gasteiger partial charge in [0.05, 0.1) is 22.7 Å². The zero-order valence-electron chi connectivity index (χ0n) is 22.2. The molecule has 3 aromatic heterocycles. The van der Waals surface area contributed by atoms with Gasteiger partial charge in [0.15, 0.2) is 5.82 Å². The Hall–Kier alpha value is -5.57. The molecule has 4 nitrogen and oxygen atoms in total. The second-order valence-electron chi connectivity index (χ2n) is 10.6. The topological polar surface area (TPSA) is 54.5 Å². The van der Waals surface area contributed by atoms with Crippen molar-refractivity contribution in [3.05, 3.63) is 127 Å². The molecule has 3 heterocycles. The van der Waals surface area contributed by atoms with Crippen molar-refractivity contribution in [2.45, 2.75) is 0 Å². The van der Waals surface area contributed by atoms with Gasteiger partial charge in [-0.15, -0.1) is 11.3 Å². The number of nitrogens with zero attached hydrogens (tertiary/aromatic N) is 4. The highest BCUT2D eigenvalue weighted by Crippen LogP contribution is 2.41. The third kappa shape index (κ3) is 3.27. The molecule has 9 aromatic rings. The highest BCUT2D eigenvalue weighted by molar-refractivity contribution is 7.25. The van der Waals surface area contributed by atoms with Crippen molar-refractivity contribution in [3.63, 3.8) is 0 Å². The number of nitriles is 1. The van der Waals surface area contributed by atoms with Crippen LogP contribution in [0.1, 0.15) is 5.56 Å². The molecule has 0 atom stereocenters. The third-order valence-corrected chi connectivity index (χ3v) is 9.27. The molecule has 6 aromatic carbocycles. The van der Waals surface area contributed by atoms with Crippen molar-refractivity contribution in [2.24, 2.45) is 0 Å². The van der Waals surface area contributed by atoms with Crippen molar-refractivity contribution in [1.82, 2.24) is 14.5 Å². The first-order valence-corrected chi connectivity index (χ1v) is 14.6. The number of aromatic nitrogens is 3. The Morgan fingerprint density at radius 1 is 0.619 bits per heavy atom. The van der Waals surface area contributed by atoms with Crippen LogP contribution in [0.3, 0.4) is 0 Å². The summed E-state index contributed by atoms with van der Waals surface area (Å²) in [6, 6.07) is 44.3. The van der Waals surface area contributed by atoms with Gasteiger partial charge in [-0.3, -0.25) is 4.57 Å². The summed E-state index contributed by atoms with van der Waals surface area (Å²) in [6.07, 6.45) is 0. The predicted octanol–water partition coefficient (Wildman–Crippen LogP) is 9.79. The van der Waals surface area contributed by atoms with Gasteiger partial charge in [-0.1, -0.05) is 84.9 Å². The Morgan fingerprint density at radius 2 is 1.33 bits per heavy atom. The molecule has 0 unspecified atom stereocenters. The van der Waals surface area contributed by atoms with E-state index in [0.717, 1.165) is 48.5 Å². The van der Waals surface area contributed by atoms with E-state index in [2.05, 4.69) is 108 Å². The van der Waals surface area contributed by atoms with E-state index in [4.69, 9.17) is 9.97 Å². The zero-order chi connectivity index (χ0) is 27.8. The van der Waals surface area contributed by atoms with Gasteiger partial charge >= 0.3 is 0 Å². The minimum atomic E-state index is 0.617. The van der Waals surface area contributed by atoms with E-state index in [9.17, 15) is 5.26 Å². The molecule has 0 aliphatic heterocycles. The summed E-state index contributed by atoms with van der Waals surface area (Å²) in [5.41, 5.74) is 5.40. The van der Waals surface area contributed by atoms with E-state index in [1.54, 1.807) is 11.3 Å². The molecule has 0 fully saturated rings. The summed E-state index contributed by atoms with van der Waals surface area (Å²) in [4.78, 5) is 11.6. The summed E-state index contributed by atoms with van der Waals surface area (Å²) >= 11 is 1.66. The summed E-state index contributed by atoms with van der Waals surface area (Å²) in [5, 5.41) is 17.7. The molecule has 0 bridgehead atoms. The molecule has 0 saturated heterocycles. The summed E-state index contributed by atoms with van der Waals surface area (Å²) in [7, 11) is 0. The lowest BCUT2D eigenvalue weighted by molar-refractivity contribution is 1.09. The first-order chi connectivity index (χ1) is 20.8. The monoisotopic (exact) mass is 552 g/mol. The van der Waals surface area contributed by atoms with Crippen molar-refractivity contribution >= 4 is 75.1 Å². The first-order valence-electron chi connectivity index (χ1n) is 13.8. The SMILES string of the molecule is N#Cc1ccc(-c2nc3sc4ccccc4c3nc2-n2c3cc4ccccc4cc3c3c4ccccc4ccc32)cc1. The molecule has 0 amide bonds. The van der Waals surface area contributed by atoms with E-state index in [0.29, 0.717) is 5.56 Å². The molecule has 9 rings (SSSR count). The van der Waals surface area contributed by atoms with Crippen LogP contribution in [0.15, 0.2) is 121 Å². The number of benzene rings is 6. The van der Waals surface area contributed by atoms with Crippen LogP contribution in [0.2, 0.25) is 0 Å². The molecular weight excluding hydrogens is 533 g/mol. The quantitative estimate of drug-likeness (QED) is 0.214. The van der Waals surface area contributed by atoms with Crippen LogP contribution in [0.4, 0.5) is 0 Å². The highest BCUT2D eigenvalue weighted by Gasteiger charge is 2.22. The van der Waals surface area contributed by atoms with Crippen LogP contribution < -0.4 is 0 Å². The molecule has 0 radical (unpaired) electrons. The number of rotatable bonds is 2. The Balaban J connectivity index is 1.49.